The van der Waals surface area contributed by atoms with E-state index in [4.69, 9.17) is 10.00 Å². The minimum absolute atomic E-state index is 0.00119. The summed E-state index contributed by atoms with van der Waals surface area (Å²) in [4.78, 5) is 12.0. The fourth-order valence-electron chi connectivity index (χ4n) is 1.58. The van der Waals surface area contributed by atoms with Crippen molar-refractivity contribution in [2.75, 3.05) is 7.11 Å². The smallest absolute Gasteiger partial charge is 0.286 e. The Bertz CT molecular complexity index is 678. The molecule has 20 heavy (non-hydrogen) atoms. The van der Waals surface area contributed by atoms with Gasteiger partial charge in [0.1, 0.15) is 5.75 Å². The molecule has 0 saturated carbocycles. The number of nitrogens with zero attached hydrogens (tertiary/aromatic N) is 2. The number of nitriles is 1. The SMILES string of the molecule is COc1ccc(Sc2ccc(C#N)cc2)c([N+](=O)[O-])c1. The van der Waals surface area contributed by atoms with Crippen LogP contribution in [0.4, 0.5) is 5.69 Å². The molecule has 2 aromatic carbocycles. The summed E-state index contributed by atoms with van der Waals surface area (Å²) in [6, 6.07) is 13.6. The van der Waals surface area contributed by atoms with Crippen molar-refractivity contribution >= 4 is 17.4 Å². The molecule has 0 spiro atoms. The molecule has 0 heterocycles. The van der Waals surface area contributed by atoms with E-state index in [1.807, 2.05) is 6.07 Å². The quantitative estimate of drug-likeness (QED) is 0.633. The molecule has 0 amide bonds. The monoisotopic (exact) mass is 286 g/mol. The Labute approximate surface area is 120 Å². The maximum absolute atomic E-state index is 11.1. The lowest BCUT2D eigenvalue weighted by Gasteiger charge is -2.05. The minimum atomic E-state index is -0.436. The summed E-state index contributed by atoms with van der Waals surface area (Å²) in [5.41, 5.74) is 0.553. The third-order valence-corrected chi connectivity index (χ3v) is 3.65. The summed E-state index contributed by atoms with van der Waals surface area (Å²) >= 11 is 1.27. The van der Waals surface area contributed by atoms with E-state index >= 15 is 0 Å². The van der Waals surface area contributed by atoms with Gasteiger partial charge in [0.2, 0.25) is 0 Å². The van der Waals surface area contributed by atoms with Crippen molar-refractivity contribution in [3.05, 3.63) is 58.1 Å². The lowest BCUT2D eigenvalue weighted by Crippen LogP contribution is -1.92. The predicted octanol–water partition coefficient (Wildman–Crippen LogP) is 3.63. The fraction of sp³-hybridized carbons (Fsp3) is 0.0714. The van der Waals surface area contributed by atoms with Crippen molar-refractivity contribution in [2.24, 2.45) is 0 Å². The lowest BCUT2D eigenvalue weighted by molar-refractivity contribution is -0.387. The maximum atomic E-state index is 11.1. The molecule has 0 aliphatic carbocycles. The summed E-state index contributed by atoms with van der Waals surface area (Å²) in [6.45, 7) is 0. The van der Waals surface area contributed by atoms with E-state index in [1.165, 1.54) is 24.9 Å². The Morgan fingerprint density at radius 3 is 2.50 bits per heavy atom. The van der Waals surface area contributed by atoms with Crippen LogP contribution in [-0.4, -0.2) is 12.0 Å². The number of methoxy groups -OCH3 is 1. The van der Waals surface area contributed by atoms with E-state index in [-0.39, 0.29) is 5.69 Å². The molecule has 0 atom stereocenters. The van der Waals surface area contributed by atoms with Gasteiger partial charge in [-0.3, -0.25) is 10.1 Å². The van der Waals surface area contributed by atoms with Crippen LogP contribution in [0.15, 0.2) is 52.3 Å². The molecule has 0 N–H and O–H groups in total. The van der Waals surface area contributed by atoms with Crippen LogP contribution in [0.1, 0.15) is 5.56 Å². The second-order valence-corrected chi connectivity index (χ2v) is 4.94. The highest BCUT2D eigenvalue weighted by atomic mass is 32.2. The first-order valence-corrected chi connectivity index (χ1v) is 6.46. The summed E-state index contributed by atoms with van der Waals surface area (Å²) in [5.74, 6) is 0.445. The summed E-state index contributed by atoms with van der Waals surface area (Å²) in [7, 11) is 1.46. The summed E-state index contributed by atoms with van der Waals surface area (Å²) in [6.07, 6.45) is 0. The van der Waals surface area contributed by atoms with Gasteiger partial charge in [0, 0.05) is 4.90 Å². The Morgan fingerprint density at radius 2 is 1.95 bits per heavy atom. The molecule has 100 valence electrons. The zero-order valence-corrected chi connectivity index (χ0v) is 11.4. The molecule has 0 aromatic heterocycles. The van der Waals surface area contributed by atoms with E-state index < -0.39 is 4.92 Å². The van der Waals surface area contributed by atoms with Crippen LogP contribution in [0.3, 0.4) is 0 Å². The number of nitro groups is 1. The van der Waals surface area contributed by atoms with E-state index in [1.54, 1.807) is 36.4 Å². The average molecular weight is 286 g/mol. The van der Waals surface area contributed by atoms with Gasteiger partial charge >= 0.3 is 0 Å². The van der Waals surface area contributed by atoms with Crippen LogP contribution in [0, 0.1) is 21.4 Å². The van der Waals surface area contributed by atoms with Gasteiger partial charge in [0.05, 0.1) is 34.6 Å². The fourth-order valence-corrected chi connectivity index (χ4v) is 2.48. The predicted molar refractivity (Wildman–Crippen MR) is 74.9 cm³/mol. The zero-order chi connectivity index (χ0) is 14.5. The van der Waals surface area contributed by atoms with Gasteiger partial charge in [-0.1, -0.05) is 11.8 Å². The number of ether oxygens (including phenoxy) is 1. The lowest BCUT2D eigenvalue weighted by atomic mass is 10.2. The van der Waals surface area contributed by atoms with Gasteiger partial charge in [-0.05, 0) is 36.4 Å². The average Bonchev–Trinajstić information content (AvgIpc) is 2.48. The normalized spacial score (nSPS) is 9.80. The van der Waals surface area contributed by atoms with Crippen LogP contribution in [0.2, 0.25) is 0 Å². The van der Waals surface area contributed by atoms with Crippen molar-refractivity contribution in [3.63, 3.8) is 0 Å². The van der Waals surface area contributed by atoms with Gasteiger partial charge < -0.3 is 4.74 Å². The second kappa shape index (κ2) is 6.08. The maximum Gasteiger partial charge on any atom is 0.286 e. The molecule has 2 aromatic rings. The van der Waals surface area contributed by atoms with Crippen LogP contribution in [0.25, 0.3) is 0 Å². The van der Waals surface area contributed by atoms with Gasteiger partial charge in [-0.15, -0.1) is 0 Å². The first-order valence-electron chi connectivity index (χ1n) is 5.64. The Kier molecular flexibility index (Phi) is 4.23. The molecule has 0 bridgehead atoms. The van der Waals surface area contributed by atoms with Crippen LogP contribution >= 0.6 is 11.8 Å². The number of benzene rings is 2. The molecule has 0 unspecified atom stereocenters. The third-order valence-electron chi connectivity index (χ3n) is 2.57. The minimum Gasteiger partial charge on any atom is -0.497 e. The number of hydrogen-bond donors (Lipinski definition) is 0. The zero-order valence-electron chi connectivity index (χ0n) is 10.6. The van der Waals surface area contributed by atoms with Crippen LogP contribution < -0.4 is 4.74 Å². The first kappa shape index (κ1) is 13.9. The van der Waals surface area contributed by atoms with E-state index in [0.29, 0.717) is 16.2 Å². The van der Waals surface area contributed by atoms with Gasteiger partial charge in [-0.25, -0.2) is 0 Å². The molecule has 0 radical (unpaired) electrons. The number of nitro benzene ring substituents is 1. The van der Waals surface area contributed by atoms with Gasteiger partial charge in [-0.2, -0.15) is 5.26 Å². The van der Waals surface area contributed by atoms with E-state index in [9.17, 15) is 10.1 Å². The second-order valence-electron chi connectivity index (χ2n) is 3.83. The molecule has 0 aliphatic rings. The molecule has 5 nitrogen and oxygen atoms in total. The van der Waals surface area contributed by atoms with Crippen LogP contribution in [-0.2, 0) is 0 Å². The van der Waals surface area contributed by atoms with Gasteiger partial charge in [0.15, 0.2) is 0 Å². The highest BCUT2D eigenvalue weighted by Gasteiger charge is 2.16. The largest absolute Gasteiger partial charge is 0.497 e. The van der Waals surface area contributed by atoms with Crippen molar-refractivity contribution in [3.8, 4) is 11.8 Å². The van der Waals surface area contributed by atoms with Crippen molar-refractivity contribution in [1.29, 1.82) is 5.26 Å². The highest BCUT2D eigenvalue weighted by Crippen LogP contribution is 2.36. The Balaban J connectivity index is 2.32. The van der Waals surface area contributed by atoms with Crippen LogP contribution in [0.5, 0.6) is 5.75 Å². The molecular weight excluding hydrogens is 276 g/mol. The summed E-state index contributed by atoms with van der Waals surface area (Å²) < 4.78 is 4.99. The standard InChI is InChI=1S/C14H10N2O3S/c1-19-11-4-7-14(13(8-11)16(17)18)20-12-5-2-10(9-15)3-6-12/h2-8H,1H3. The number of hydrogen-bond acceptors (Lipinski definition) is 5. The van der Waals surface area contributed by atoms with Crippen molar-refractivity contribution in [2.45, 2.75) is 9.79 Å². The Hall–Kier alpha value is -2.52. The van der Waals surface area contributed by atoms with Crippen molar-refractivity contribution < 1.29 is 9.66 Å². The highest BCUT2D eigenvalue weighted by molar-refractivity contribution is 7.99. The summed E-state index contributed by atoms with van der Waals surface area (Å²) in [5, 5.41) is 19.8. The topological polar surface area (TPSA) is 76.2 Å². The first-order chi connectivity index (χ1) is 9.63. The molecule has 0 aliphatic heterocycles. The molecular formula is C14H10N2O3S. The van der Waals surface area contributed by atoms with E-state index in [2.05, 4.69) is 0 Å². The molecule has 0 fully saturated rings. The number of rotatable bonds is 4. The molecule has 0 saturated heterocycles. The third kappa shape index (κ3) is 3.08. The Morgan fingerprint density at radius 1 is 1.25 bits per heavy atom. The molecule has 2 rings (SSSR count). The van der Waals surface area contributed by atoms with Gasteiger partial charge in [0.25, 0.3) is 5.69 Å². The molecule has 6 heteroatoms. The van der Waals surface area contributed by atoms with Crippen molar-refractivity contribution in [1.82, 2.24) is 0 Å². The van der Waals surface area contributed by atoms with E-state index in [0.717, 1.165) is 4.90 Å².